The van der Waals surface area contributed by atoms with Crippen LogP contribution in [-0.4, -0.2) is 8.42 Å². The highest BCUT2D eigenvalue weighted by Crippen LogP contribution is 2.25. The molecule has 0 saturated carbocycles. The van der Waals surface area contributed by atoms with Crippen LogP contribution in [-0.2, 0) is 10.0 Å². The van der Waals surface area contributed by atoms with Gasteiger partial charge in [0.2, 0.25) is 0 Å². The highest BCUT2D eigenvalue weighted by atomic mass is 35.5. The van der Waals surface area contributed by atoms with Crippen LogP contribution in [0.25, 0.3) is 0 Å². The molecule has 0 amide bonds. The molecular weight excluding hydrogens is 305 g/mol. The van der Waals surface area contributed by atoms with E-state index in [4.69, 9.17) is 23.2 Å². The highest BCUT2D eigenvalue weighted by Gasteiger charge is 2.15. The molecule has 0 unspecified atom stereocenters. The van der Waals surface area contributed by atoms with E-state index in [0.717, 1.165) is 0 Å². The molecule has 2 rings (SSSR count). The maximum Gasteiger partial charge on any atom is 0.261 e. The van der Waals surface area contributed by atoms with Crippen molar-refractivity contribution in [2.75, 3.05) is 4.72 Å². The first-order valence-corrected chi connectivity index (χ1v) is 7.67. The fraction of sp³-hybridized carbons (Fsp3) is 0.0769. The van der Waals surface area contributed by atoms with E-state index in [1.165, 1.54) is 24.3 Å². The molecule has 0 radical (unpaired) electrons. The Labute approximate surface area is 122 Å². The molecule has 0 aliphatic heterocycles. The Kier molecular flexibility index (Phi) is 4.04. The Bertz CT molecular complexity index is 697. The van der Waals surface area contributed by atoms with Crippen LogP contribution in [0.15, 0.2) is 47.4 Å². The van der Waals surface area contributed by atoms with Crippen LogP contribution in [0.5, 0.6) is 0 Å². The van der Waals surface area contributed by atoms with Gasteiger partial charge in [0.15, 0.2) is 0 Å². The molecule has 100 valence electrons. The highest BCUT2D eigenvalue weighted by molar-refractivity contribution is 7.92. The fourth-order valence-corrected chi connectivity index (χ4v) is 2.96. The lowest BCUT2D eigenvalue weighted by molar-refractivity contribution is 0.601. The molecular formula is C13H11Cl2NO2S. The maximum absolute atomic E-state index is 12.2. The number of hydrogen-bond donors (Lipinski definition) is 1. The van der Waals surface area contributed by atoms with Gasteiger partial charge in [0.25, 0.3) is 10.0 Å². The van der Waals surface area contributed by atoms with Crippen molar-refractivity contribution in [1.29, 1.82) is 0 Å². The van der Waals surface area contributed by atoms with Crippen LogP contribution in [0.1, 0.15) is 5.56 Å². The number of anilines is 1. The Balaban J connectivity index is 2.36. The molecule has 1 N–H and O–H groups in total. The van der Waals surface area contributed by atoms with Crippen molar-refractivity contribution < 1.29 is 8.42 Å². The first kappa shape index (κ1) is 14.2. The van der Waals surface area contributed by atoms with Gasteiger partial charge >= 0.3 is 0 Å². The lowest BCUT2D eigenvalue weighted by Crippen LogP contribution is -2.13. The molecule has 0 atom stereocenters. The number of sulfonamides is 1. The summed E-state index contributed by atoms with van der Waals surface area (Å²) in [5, 5.41) is 0.995. The van der Waals surface area contributed by atoms with Gasteiger partial charge in [-0.2, -0.15) is 0 Å². The van der Waals surface area contributed by atoms with Crippen molar-refractivity contribution >= 4 is 38.9 Å². The normalized spacial score (nSPS) is 11.3. The zero-order chi connectivity index (χ0) is 14.0. The van der Waals surface area contributed by atoms with E-state index >= 15 is 0 Å². The van der Waals surface area contributed by atoms with E-state index in [2.05, 4.69) is 4.72 Å². The predicted molar refractivity (Wildman–Crippen MR) is 78.4 cm³/mol. The third kappa shape index (κ3) is 3.21. The Morgan fingerprint density at radius 3 is 2.26 bits per heavy atom. The molecule has 0 heterocycles. The Hall–Kier alpha value is -1.23. The summed E-state index contributed by atoms with van der Waals surface area (Å²) in [6, 6.07) is 11.0. The molecule has 0 spiro atoms. The Morgan fingerprint density at radius 1 is 1.00 bits per heavy atom. The molecule has 2 aromatic rings. The van der Waals surface area contributed by atoms with E-state index in [1.54, 1.807) is 25.1 Å². The van der Waals surface area contributed by atoms with Crippen LogP contribution in [0.2, 0.25) is 10.0 Å². The lowest BCUT2D eigenvalue weighted by Gasteiger charge is -2.11. The van der Waals surface area contributed by atoms with Gasteiger partial charge in [-0.1, -0.05) is 29.3 Å². The summed E-state index contributed by atoms with van der Waals surface area (Å²) in [5.74, 6) is 0. The first-order valence-electron chi connectivity index (χ1n) is 5.43. The molecule has 6 heteroatoms. The van der Waals surface area contributed by atoms with E-state index in [1.807, 2.05) is 0 Å². The van der Waals surface area contributed by atoms with E-state index in [-0.39, 0.29) is 4.90 Å². The van der Waals surface area contributed by atoms with Crippen molar-refractivity contribution in [2.45, 2.75) is 11.8 Å². The average Bonchev–Trinajstić information content (AvgIpc) is 2.35. The summed E-state index contributed by atoms with van der Waals surface area (Å²) in [6.45, 7) is 1.75. The Morgan fingerprint density at radius 2 is 1.63 bits per heavy atom. The van der Waals surface area contributed by atoms with Crippen LogP contribution >= 0.6 is 23.2 Å². The monoisotopic (exact) mass is 315 g/mol. The van der Waals surface area contributed by atoms with E-state index in [9.17, 15) is 8.42 Å². The van der Waals surface area contributed by atoms with Crippen LogP contribution in [0.3, 0.4) is 0 Å². The maximum atomic E-state index is 12.2. The molecule has 0 fully saturated rings. The van der Waals surface area contributed by atoms with Crippen molar-refractivity contribution in [2.24, 2.45) is 0 Å². The number of nitrogens with one attached hydrogen (secondary N) is 1. The van der Waals surface area contributed by atoms with Gasteiger partial charge in [-0.25, -0.2) is 8.42 Å². The average molecular weight is 316 g/mol. The van der Waals surface area contributed by atoms with Crippen LogP contribution in [0, 0.1) is 6.92 Å². The summed E-state index contributed by atoms with van der Waals surface area (Å²) in [6.07, 6.45) is 0. The third-order valence-electron chi connectivity index (χ3n) is 2.64. The zero-order valence-electron chi connectivity index (χ0n) is 10.0. The minimum atomic E-state index is -3.64. The molecule has 0 aromatic heterocycles. The van der Waals surface area contributed by atoms with Crippen molar-refractivity contribution in [3.63, 3.8) is 0 Å². The first-order chi connectivity index (χ1) is 8.90. The predicted octanol–water partition coefficient (Wildman–Crippen LogP) is 4.10. The molecule has 0 saturated heterocycles. The van der Waals surface area contributed by atoms with Gasteiger partial charge < -0.3 is 0 Å². The molecule has 0 aliphatic carbocycles. The summed E-state index contributed by atoms with van der Waals surface area (Å²) < 4.78 is 26.9. The van der Waals surface area contributed by atoms with Gasteiger partial charge in [-0.05, 0) is 48.9 Å². The summed E-state index contributed by atoms with van der Waals surface area (Å²) >= 11 is 11.7. The number of hydrogen-bond acceptors (Lipinski definition) is 2. The molecule has 2 aromatic carbocycles. The second kappa shape index (κ2) is 5.41. The van der Waals surface area contributed by atoms with Crippen molar-refractivity contribution in [3.05, 3.63) is 58.1 Å². The molecule has 0 aliphatic rings. The van der Waals surface area contributed by atoms with Gasteiger partial charge in [0.05, 0.1) is 10.6 Å². The largest absolute Gasteiger partial charge is 0.279 e. The van der Waals surface area contributed by atoms with Crippen LogP contribution < -0.4 is 4.72 Å². The second-order valence-electron chi connectivity index (χ2n) is 3.97. The summed E-state index contributed by atoms with van der Waals surface area (Å²) in [5.41, 5.74) is 1.14. The van der Waals surface area contributed by atoms with Gasteiger partial charge in [-0.3, -0.25) is 4.72 Å². The number of benzene rings is 2. The summed E-state index contributed by atoms with van der Waals surface area (Å²) in [7, 11) is -3.64. The number of halogens is 2. The smallest absolute Gasteiger partial charge is 0.261 e. The molecule has 3 nitrogen and oxygen atoms in total. The summed E-state index contributed by atoms with van der Waals surface area (Å²) in [4.78, 5) is 0.149. The minimum Gasteiger partial charge on any atom is -0.279 e. The van der Waals surface area contributed by atoms with Crippen molar-refractivity contribution in [1.82, 2.24) is 0 Å². The fourth-order valence-electron chi connectivity index (χ4n) is 1.54. The number of rotatable bonds is 3. The van der Waals surface area contributed by atoms with Gasteiger partial charge in [0.1, 0.15) is 0 Å². The topological polar surface area (TPSA) is 46.2 Å². The standard InChI is InChI=1S/C13H11Cl2NO2S/c1-9-12(15)3-2-4-13(9)16-19(17,18)11-7-5-10(14)6-8-11/h2-8,16H,1H3. The van der Waals surface area contributed by atoms with E-state index in [0.29, 0.717) is 21.3 Å². The van der Waals surface area contributed by atoms with Crippen molar-refractivity contribution in [3.8, 4) is 0 Å². The second-order valence-corrected chi connectivity index (χ2v) is 6.50. The molecule has 0 bridgehead atoms. The van der Waals surface area contributed by atoms with Gasteiger partial charge in [0, 0.05) is 10.0 Å². The zero-order valence-corrected chi connectivity index (χ0v) is 12.4. The molecule has 19 heavy (non-hydrogen) atoms. The lowest BCUT2D eigenvalue weighted by atomic mass is 10.2. The third-order valence-corrected chi connectivity index (χ3v) is 4.68. The minimum absolute atomic E-state index is 0.149. The quantitative estimate of drug-likeness (QED) is 0.926. The SMILES string of the molecule is Cc1c(Cl)cccc1NS(=O)(=O)c1ccc(Cl)cc1. The van der Waals surface area contributed by atoms with E-state index < -0.39 is 10.0 Å². The van der Waals surface area contributed by atoms with Gasteiger partial charge in [-0.15, -0.1) is 0 Å². The van der Waals surface area contributed by atoms with Crippen LogP contribution in [0.4, 0.5) is 5.69 Å².